The van der Waals surface area contributed by atoms with Crippen LogP contribution in [0.25, 0.3) is 0 Å². The molecular weight excluding hydrogens is 291 g/mol. The molecule has 1 aromatic heterocycles. The number of hydrogen-bond donors (Lipinski definition) is 0. The molecule has 0 radical (unpaired) electrons. The number of esters is 1. The third kappa shape index (κ3) is 3.52. The molecule has 0 spiro atoms. The highest BCUT2D eigenvalue weighted by atomic mass is 19.1. The number of pyridine rings is 1. The van der Waals surface area contributed by atoms with Gasteiger partial charge < -0.3 is 14.4 Å². The number of carbonyl (C=O) groups excluding carboxylic acids is 2. The fourth-order valence-corrected chi connectivity index (χ4v) is 2.17. The average molecular weight is 310 g/mol. The SMILES string of the molecule is COC(=O)c1nc2c(cc1F)CN(C(=O)OC(C)(C)C)CC2. The van der Waals surface area contributed by atoms with Crippen LogP contribution in [-0.2, 0) is 22.4 Å². The number of ether oxygens (including phenoxy) is 2. The minimum atomic E-state index is -0.810. The molecule has 120 valence electrons. The van der Waals surface area contributed by atoms with Crippen LogP contribution in [0.4, 0.5) is 9.18 Å². The molecule has 1 amide bonds. The van der Waals surface area contributed by atoms with Crippen LogP contribution in [0.1, 0.15) is 42.5 Å². The highest BCUT2D eigenvalue weighted by Crippen LogP contribution is 2.22. The number of carbonyl (C=O) groups is 2. The lowest BCUT2D eigenvalue weighted by atomic mass is 10.0. The first-order valence-corrected chi connectivity index (χ1v) is 6.96. The van der Waals surface area contributed by atoms with Gasteiger partial charge in [0.2, 0.25) is 0 Å². The molecule has 0 aromatic carbocycles. The van der Waals surface area contributed by atoms with E-state index >= 15 is 0 Å². The average Bonchev–Trinajstić information content (AvgIpc) is 2.43. The van der Waals surface area contributed by atoms with Gasteiger partial charge in [-0.25, -0.2) is 19.0 Å². The molecule has 1 aliphatic heterocycles. The van der Waals surface area contributed by atoms with Crippen molar-refractivity contribution in [3.63, 3.8) is 0 Å². The molecular formula is C15H19FN2O4. The summed E-state index contributed by atoms with van der Waals surface area (Å²) in [5.74, 6) is -1.56. The molecule has 0 fully saturated rings. The monoisotopic (exact) mass is 310 g/mol. The van der Waals surface area contributed by atoms with E-state index in [9.17, 15) is 14.0 Å². The van der Waals surface area contributed by atoms with Crippen LogP contribution in [0.3, 0.4) is 0 Å². The van der Waals surface area contributed by atoms with Crippen molar-refractivity contribution in [2.24, 2.45) is 0 Å². The second kappa shape index (κ2) is 5.90. The van der Waals surface area contributed by atoms with E-state index < -0.39 is 23.5 Å². The number of hydrogen-bond acceptors (Lipinski definition) is 5. The molecule has 0 unspecified atom stereocenters. The molecule has 0 saturated carbocycles. The van der Waals surface area contributed by atoms with Crippen molar-refractivity contribution in [2.75, 3.05) is 13.7 Å². The number of rotatable bonds is 1. The lowest BCUT2D eigenvalue weighted by Gasteiger charge is -2.30. The predicted molar refractivity (Wildman–Crippen MR) is 75.9 cm³/mol. The minimum absolute atomic E-state index is 0.204. The normalized spacial score (nSPS) is 14.3. The van der Waals surface area contributed by atoms with Gasteiger partial charge in [0.25, 0.3) is 0 Å². The Balaban J connectivity index is 2.20. The molecule has 2 rings (SSSR count). The predicted octanol–water partition coefficient (Wildman–Crippen LogP) is 2.30. The van der Waals surface area contributed by atoms with Gasteiger partial charge in [0.15, 0.2) is 11.5 Å². The van der Waals surface area contributed by atoms with Gasteiger partial charge in [-0.15, -0.1) is 0 Å². The second-order valence-corrected chi connectivity index (χ2v) is 6.07. The first-order chi connectivity index (χ1) is 10.2. The Kier molecular flexibility index (Phi) is 4.35. The van der Waals surface area contributed by atoms with Gasteiger partial charge >= 0.3 is 12.1 Å². The maximum atomic E-state index is 13.9. The van der Waals surface area contributed by atoms with Crippen LogP contribution >= 0.6 is 0 Å². The molecule has 0 aliphatic carbocycles. The molecule has 2 heterocycles. The first kappa shape index (κ1) is 16.2. The third-order valence-corrected chi connectivity index (χ3v) is 3.15. The van der Waals surface area contributed by atoms with E-state index in [-0.39, 0.29) is 12.2 Å². The van der Waals surface area contributed by atoms with Crippen molar-refractivity contribution in [3.05, 3.63) is 28.8 Å². The lowest BCUT2D eigenvalue weighted by molar-refractivity contribution is 0.0221. The van der Waals surface area contributed by atoms with E-state index in [1.807, 2.05) is 0 Å². The van der Waals surface area contributed by atoms with E-state index in [2.05, 4.69) is 9.72 Å². The van der Waals surface area contributed by atoms with Crippen LogP contribution in [0.2, 0.25) is 0 Å². The molecule has 22 heavy (non-hydrogen) atoms. The van der Waals surface area contributed by atoms with Crippen molar-refractivity contribution in [1.82, 2.24) is 9.88 Å². The number of fused-ring (bicyclic) bond motifs is 1. The van der Waals surface area contributed by atoms with Crippen molar-refractivity contribution in [1.29, 1.82) is 0 Å². The summed E-state index contributed by atoms with van der Waals surface area (Å²) in [6, 6.07) is 1.23. The summed E-state index contributed by atoms with van der Waals surface area (Å²) in [4.78, 5) is 29.0. The fraction of sp³-hybridized carbons (Fsp3) is 0.533. The van der Waals surface area contributed by atoms with Crippen molar-refractivity contribution < 1.29 is 23.5 Å². The van der Waals surface area contributed by atoms with Crippen LogP contribution in [0, 0.1) is 5.82 Å². The Morgan fingerprint density at radius 3 is 2.64 bits per heavy atom. The zero-order valence-corrected chi connectivity index (χ0v) is 13.1. The standard InChI is InChI=1S/C15H19FN2O4/c1-15(2,3)22-14(20)18-6-5-11-9(8-18)7-10(16)12(17-11)13(19)21-4/h7H,5-6,8H2,1-4H3. The maximum Gasteiger partial charge on any atom is 0.410 e. The van der Waals surface area contributed by atoms with Crippen LogP contribution < -0.4 is 0 Å². The highest BCUT2D eigenvalue weighted by molar-refractivity contribution is 5.87. The van der Waals surface area contributed by atoms with Crippen LogP contribution in [-0.4, -0.2) is 41.2 Å². The topological polar surface area (TPSA) is 68.7 Å². The summed E-state index contributed by atoms with van der Waals surface area (Å²) in [6.07, 6.45) is -0.0191. The van der Waals surface area contributed by atoms with E-state index in [0.29, 0.717) is 24.2 Å². The Morgan fingerprint density at radius 1 is 1.36 bits per heavy atom. The minimum Gasteiger partial charge on any atom is -0.464 e. The van der Waals surface area contributed by atoms with Gasteiger partial charge in [-0.2, -0.15) is 0 Å². The van der Waals surface area contributed by atoms with Crippen LogP contribution in [0.5, 0.6) is 0 Å². The molecule has 0 bridgehead atoms. The second-order valence-electron chi connectivity index (χ2n) is 6.07. The summed E-state index contributed by atoms with van der Waals surface area (Å²) >= 11 is 0. The molecule has 7 heteroatoms. The molecule has 0 atom stereocenters. The molecule has 0 N–H and O–H groups in total. The summed E-state index contributed by atoms with van der Waals surface area (Å²) in [5.41, 5.74) is 0.256. The fourth-order valence-electron chi connectivity index (χ4n) is 2.17. The summed E-state index contributed by atoms with van der Waals surface area (Å²) in [6.45, 7) is 5.96. The van der Waals surface area contributed by atoms with Gasteiger partial charge in [0.05, 0.1) is 13.7 Å². The Labute approximate surface area is 128 Å². The summed E-state index contributed by atoms with van der Waals surface area (Å²) in [7, 11) is 1.17. The third-order valence-electron chi connectivity index (χ3n) is 3.15. The Morgan fingerprint density at radius 2 is 2.05 bits per heavy atom. The van der Waals surface area contributed by atoms with Gasteiger partial charge in [-0.1, -0.05) is 0 Å². The number of amides is 1. The van der Waals surface area contributed by atoms with Gasteiger partial charge in [-0.05, 0) is 32.4 Å². The Bertz CT molecular complexity index is 610. The van der Waals surface area contributed by atoms with Gasteiger partial charge in [-0.3, -0.25) is 0 Å². The van der Waals surface area contributed by atoms with E-state index in [4.69, 9.17) is 4.74 Å². The summed E-state index contributed by atoms with van der Waals surface area (Å²) < 4.78 is 23.7. The largest absolute Gasteiger partial charge is 0.464 e. The smallest absolute Gasteiger partial charge is 0.410 e. The summed E-state index contributed by atoms with van der Waals surface area (Å²) in [5, 5.41) is 0. The maximum absolute atomic E-state index is 13.9. The van der Waals surface area contributed by atoms with Crippen molar-refractivity contribution in [2.45, 2.75) is 39.3 Å². The van der Waals surface area contributed by atoms with Gasteiger partial charge in [0, 0.05) is 18.7 Å². The lowest BCUT2D eigenvalue weighted by Crippen LogP contribution is -2.40. The van der Waals surface area contributed by atoms with Crippen molar-refractivity contribution in [3.8, 4) is 0 Å². The zero-order chi connectivity index (χ0) is 16.5. The Hall–Kier alpha value is -2.18. The van der Waals surface area contributed by atoms with E-state index in [1.54, 1.807) is 20.8 Å². The van der Waals surface area contributed by atoms with E-state index in [0.717, 1.165) is 0 Å². The quantitative estimate of drug-likeness (QED) is 0.745. The molecule has 1 aromatic rings. The van der Waals surface area contributed by atoms with E-state index in [1.165, 1.54) is 18.1 Å². The first-order valence-electron chi connectivity index (χ1n) is 6.96. The molecule has 0 saturated heterocycles. The highest BCUT2D eigenvalue weighted by Gasteiger charge is 2.28. The van der Waals surface area contributed by atoms with Gasteiger partial charge in [0.1, 0.15) is 5.60 Å². The van der Waals surface area contributed by atoms with Crippen molar-refractivity contribution >= 4 is 12.1 Å². The molecule has 1 aliphatic rings. The number of nitrogens with zero attached hydrogens (tertiary/aromatic N) is 2. The number of aromatic nitrogens is 1. The zero-order valence-electron chi connectivity index (χ0n) is 13.1. The number of methoxy groups -OCH3 is 1. The van der Waals surface area contributed by atoms with Crippen LogP contribution in [0.15, 0.2) is 6.07 Å². The molecule has 6 nitrogen and oxygen atoms in total. The number of halogens is 1.